The molecule has 39 heavy (non-hydrogen) atoms. The van der Waals surface area contributed by atoms with E-state index in [9.17, 15) is 21.2 Å². The molecule has 0 saturated heterocycles. The van der Waals surface area contributed by atoms with Gasteiger partial charge in [-0.05, 0) is 56.2 Å². The summed E-state index contributed by atoms with van der Waals surface area (Å²) in [6.45, 7) is 5.27. The number of benzene rings is 2. The fourth-order valence-corrected chi connectivity index (χ4v) is 7.38. The fourth-order valence-electron chi connectivity index (χ4n) is 4.31. The van der Waals surface area contributed by atoms with Crippen LogP contribution < -0.4 is 13.8 Å². The lowest BCUT2D eigenvalue weighted by Crippen LogP contribution is -2.52. The number of hydrogen-bond acceptors (Lipinski definition) is 6. The summed E-state index contributed by atoms with van der Waals surface area (Å²) in [5, 5.41) is 4.10. The number of nitrogens with zero attached hydrogens (tertiary/aromatic N) is 3. The Kier molecular flexibility index (Phi) is 8.34. The SMILES string of the molecule is CCn1cc(S(=O)(=O)N2C[C@H]([C@@H](C)NS(C)(=O)=O)Oc3ccc(C=C(C)c4c(F)cccc4Cl)cc32)c(Cl)n1. The summed E-state index contributed by atoms with van der Waals surface area (Å²) in [5.41, 5.74) is 1.53. The van der Waals surface area contributed by atoms with Crippen LogP contribution in [0.2, 0.25) is 10.2 Å². The zero-order valence-corrected chi connectivity index (χ0v) is 24.7. The molecular formula is C25H27Cl2FN4O5S2. The lowest BCUT2D eigenvalue weighted by Gasteiger charge is -2.37. The van der Waals surface area contributed by atoms with E-state index in [0.717, 1.165) is 10.6 Å². The van der Waals surface area contributed by atoms with Crippen molar-refractivity contribution in [1.29, 1.82) is 0 Å². The standard InChI is InChI=1S/C25H27Cl2FN4O5S2/c1-5-31-14-23(25(27)29-31)39(35,36)32-13-22(16(3)30-38(4,33)34)37-21-10-9-17(12-20(21)32)11-15(2)24-18(26)7-6-8-19(24)28/h6-12,14,16,22,30H,5,13H2,1-4H3/t16-,22-/m1/s1. The molecule has 1 aliphatic rings. The van der Waals surface area contributed by atoms with E-state index in [4.69, 9.17) is 27.9 Å². The predicted molar refractivity (Wildman–Crippen MR) is 151 cm³/mol. The largest absolute Gasteiger partial charge is 0.485 e. The highest BCUT2D eigenvalue weighted by atomic mass is 35.5. The van der Waals surface area contributed by atoms with E-state index in [0.29, 0.717) is 17.7 Å². The number of allylic oxidation sites excluding steroid dienone is 1. The monoisotopic (exact) mass is 616 g/mol. The molecule has 210 valence electrons. The number of nitrogens with one attached hydrogen (secondary N) is 1. The summed E-state index contributed by atoms with van der Waals surface area (Å²) in [6, 6.07) is 8.49. The van der Waals surface area contributed by atoms with Crippen LogP contribution >= 0.6 is 23.2 Å². The normalized spacial score (nSPS) is 17.1. The molecule has 14 heteroatoms. The highest BCUT2D eigenvalue weighted by molar-refractivity contribution is 7.93. The minimum atomic E-state index is -4.26. The smallest absolute Gasteiger partial charge is 0.269 e. The zero-order valence-electron chi connectivity index (χ0n) is 21.5. The van der Waals surface area contributed by atoms with Crippen molar-refractivity contribution in [3.05, 3.63) is 69.7 Å². The third-order valence-corrected chi connectivity index (χ3v) is 9.44. The third kappa shape index (κ3) is 6.25. The first-order valence-electron chi connectivity index (χ1n) is 11.9. The van der Waals surface area contributed by atoms with Crippen molar-refractivity contribution in [1.82, 2.24) is 14.5 Å². The van der Waals surface area contributed by atoms with Crippen LogP contribution in [0.4, 0.5) is 10.1 Å². The summed E-state index contributed by atoms with van der Waals surface area (Å²) in [6.07, 6.45) is 3.17. The van der Waals surface area contributed by atoms with Crippen LogP contribution in [0, 0.1) is 5.82 Å². The van der Waals surface area contributed by atoms with Gasteiger partial charge in [0.2, 0.25) is 10.0 Å². The van der Waals surface area contributed by atoms with Gasteiger partial charge in [0.15, 0.2) is 5.15 Å². The molecule has 0 saturated carbocycles. The van der Waals surface area contributed by atoms with E-state index in [1.807, 2.05) is 0 Å². The maximum atomic E-state index is 14.5. The van der Waals surface area contributed by atoms with Gasteiger partial charge < -0.3 is 4.74 Å². The van der Waals surface area contributed by atoms with Gasteiger partial charge >= 0.3 is 0 Å². The Labute approximate surface area is 237 Å². The van der Waals surface area contributed by atoms with E-state index in [1.165, 1.54) is 23.0 Å². The number of aromatic nitrogens is 2. The van der Waals surface area contributed by atoms with Crippen LogP contribution in [-0.4, -0.2) is 51.6 Å². The number of fused-ring (bicyclic) bond motifs is 1. The van der Waals surface area contributed by atoms with Gasteiger partial charge in [0.25, 0.3) is 10.0 Å². The fraction of sp³-hybridized carbons (Fsp3) is 0.320. The van der Waals surface area contributed by atoms with E-state index in [-0.39, 0.29) is 38.6 Å². The van der Waals surface area contributed by atoms with Gasteiger partial charge in [-0.2, -0.15) is 5.10 Å². The topological polar surface area (TPSA) is 111 Å². The molecule has 2 heterocycles. The molecule has 2 atom stereocenters. The maximum absolute atomic E-state index is 14.5. The second-order valence-corrected chi connectivity index (χ2v) is 13.5. The number of ether oxygens (including phenoxy) is 1. The molecule has 1 N–H and O–H groups in total. The van der Waals surface area contributed by atoms with Crippen molar-refractivity contribution in [2.75, 3.05) is 17.1 Å². The Morgan fingerprint density at radius 1 is 1.26 bits per heavy atom. The Morgan fingerprint density at radius 3 is 2.59 bits per heavy atom. The molecule has 0 bridgehead atoms. The molecule has 0 unspecified atom stereocenters. The molecule has 0 amide bonds. The first kappa shape index (κ1) is 29.3. The average Bonchev–Trinajstić information content (AvgIpc) is 3.23. The van der Waals surface area contributed by atoms with E-state index in [1.54, 1.807) is 51.1 Å². The van der Waals surface area contributed by atoms with Gasteiger partial charge in [0.1, 0.15) is 22.6 Å². The van der Waals surface area contributed by atoms with Crippen LogP contribution in [-0.2, 0) is 26.6 Å². The van der Waals surface area contributed by atoms with Crippen LogP contribution in [0.3, 0.4) is 0 Å². The quantitative estimate of drug-likeness (QED) is 0.364. The molecule has 0 fully saturated rings. The van der Waals surface area contributed by atoms with Crippen molar-refractivity contribution in [3.63, 3.8) is 0 Å². The Bertz CT molecular complexity index is 1640. The van der Waals surface area contributed by atoms with E-state index < -0.39 is 38.0 Å². The number of hydrogen-bond donors (Lipinski definition) is 1. The lowest BCUT2D eigenvalue weighted by atomic mass is 10.0. The molecule has 9 nitrogen and oxygen atoms in total. The zero-order chi connectivity index (χ0) is 28.7. The van der Waals surface area contributed by atoms with Gasteiger partial charge in [-0.15, -0.1) is 0 Å². The molecule has 1 aromatic heterocycles. The average molecular weight is 618 g/mol. The number of sulfonamides is 2. The predicted octanol–water partition coefficient (Wildman–Crippen LogP) is 4.80. The Morgan fingerprint density at radius 2 is 1.97 bits per heavy atom. The van der Waals surface area contributed by atoms with Gasteiger partial charge in [0.05, 0.1) is 29.6 Å². The number of anilines is 1. The van der Waals surface area contributed by atoms with Gasteiger partial charge in [-0.1, -0.05) is 41.4 Å². The van der Waals surface area contributed by atoms with Crippen LogP contribution in [0.15, 0.2) is 47.5 Å². The maximum Gasteiger partial charge on any atom is 0.269 e. The minimum Gasteiger partial charge on any atom is -0.485 e. The van der Waals surface area contributed by atoms with Crippen LogP contribution in [0.25, 0.3) is 11.6 Å². The number of rotatable bonds is 8. The molecule has 0 radical (unpaired) electrons. The van der Waals surface area contributed by atoms with Gasteiger partial charge in [0, 0.05) is 18.3 Å². The van der Waals surface area contributed by atoms with Crippen molar-refractivity contribution >= 4 is 60.6 Å². The van der Waals surface area contributed by atoms with Crippen LogP contribution in [0.1, 0.15) is 31.9 Å². The highest BCUT2D eigenvalue weighted by Gasteiger charge is 2.39. The van der Waals surface area contributed by atoms with Crippen molar-refractivity contribution < 1.29 is 26.0 Å². The molecule has 2 aromatic carbocycles. The summed E-state index contributed by atoms with van der Waals surface area (Å²) in [4.78, 5) is -0.198. The third-order valence-electron chi connectivity index (χ3n) is 6.15. The Balaban J connectivity index is 1.82. The molecule has 0 aliphatic carbocycles. The van der Waals surface area contributed by atoms with E-state index in [2.05, 4.69) is 9.82 Å². The second kappa shape index (κ2) is 11.1. The molecule has 1 aliphatic heterocycles. The van der Waals surface area contributed by atoms with Crippen molar-refractivity contribution in [2.45, 2.75) is 44.4 Å². The molecule has 0 spiro atoms. The summed E-state index contributed by atoms with van der Waals surface area (Å²) in [7, 11) is -7.85. The first-order valence-corrected chi connectivity index (χ1v) is 16.0. The molecular weight excluding hydrogens is 590 g/mol. The summed E-state index contributed by atoms with van der Waals surface area (Å²) >= 11 is 12.4. The highest BCUT2D eigenvalue weighted by Crippen LogP contribution is 2.40. The minimum absolute atomic E-state index is 0.190. The second-order valence-electron chi connectivity index (χ2n) is 9.16. The summed E-state index contributed by atoms with van der Waals surface area (Å²) < 4.78 is 77.0. The van der Waals surface area contributed by atoms with Gasteiger partial charge in [-0.3, -0.25) is 8.99 Å². The lowest BCUT2D eigenvalue weighted by molar-refractivity contribution is 0.169. The van der Waals surface area contributed by atoms with Crippen molar-refractivity contribution in [2.24, 2.45) is 0 Å². The first-order chi connectivity index (χ1) is 18.2. The summed E-state index contributed by atoms with van der Waals surface area (Å²) in [5.74, 6) is -0.269. The van der Waals surface area contributed by atoms with Crippen LogP contribution in [0.5, 0.6) is 5.75 Å². The number of aryl methyl sites for hydroxylation is 1. The van der Waals surface area contributed by atoms with Crippen molar-refractivity contribution in [3.8, 4) is 5.75 Å². The molecule has 3 aromatic rings. The Hall–Kier alpha value is -2.64. The van der Waals surface area contributed by atoms with E-state index >= 15 is 0 Å². The molecule has 4 rings (SSSR count). The van der Waals surface area contributed by atoms with Gasteiger partial charge in [-0.25, -0.2) is 25.9 Å². The number of halogens is 3.